The van der Waals surface area contributed by atoms with Gasteiger partial charge in [0.2, 0.25) is 0 Å². The number of aliphatic hydroxyl groups excluding tert-OH is 1. The summed E-state index contributed by atoms with van der Waals surface area (Å²) in [5, 5.41) is 8.46. The van der Waals surface area contributed by atoms with E-state index in [0.717, 1.165) is 12.8 Å². The van der Waals surface area contributed by atoms with Gasteiger partial charge in [-0.25, -0.2) is 4.39 Å². The predicted octanol–water partition coefficient (Wildman–Crippen LogP) is 2.14. The highest BCUT2D eigenvalue weighted by molar-refractivity contribution is 4.87. The Morgan fingerprint density at radius 3 is 2.45 bits per heavy atom. The summed E-state index contributed by atoms with van der Waals surface area (Å²) in [6.45, 7) is 4.10. The molecular formula is C9H17FO. The maximum atomic E-state index is 12.6. The molecule has 1 rings (SSSR count). The number of hydrogen-bond donors (Lipinski definition) is 1. The van der Waals surface area contributed by atoms with E-state index in [1.54, 1.807) is 0 Å². The smallest absolute Gasteiger partial charge is 0.123 e. The molecule has 1 saturated carbocycles. The van der Waals surface area contributed by atoms with Gasteiger partial charge in [0.1, 0.15) is 6.17 Å². The second-order valence-corrected chi connectivity index (χ2v) is 4.45. The second kappa shape index (κ2) is 3.10. The zero-order valence-corrected chi connectivity index (χ0v) is 7.31. The Kier molecular flexibility index (Phi) is 2.53. The van der Waals surface area contributed by atoms with Crippen molar-refractivity contribution in [2.45, 2.75) is 39.3 Å². The van der Waals surface area contributed by atoms with Gasteiger partial charge in [-0.1, -0.05) is 13.8 Å². The summed E-state index contributed by atoms with van der Waals surface area (Å²) in [6.07, 6.45) is 1.80. The van der Waals surface area contributed by atoms with Gasteiger partial charge in [-0.05, 0) is 30.6 Å². The molecular weight excluding hydrogens is 143 g/mol. The Morgan fingerprint density at radius 1 is 1.55 bits per heavy atom. The molecule has 0 heterocycles. The van der Waals surface area contributed by atoms with Crippen molar-refractivity contribution in [1.29, 1.82) is 0 Å². The van der Waals surface area contributed by atoms with E-state index in [1.807, 2.05) is 0 Å². The van der Waals surface area contributed by atoms with Crippen molar-refractivity contribution in [1.82, 2.24) is 0 Å². The van der Waals surface area contributed by atoms with Crippen LogP contribution < -0.4 is 0 Å². The zero-order valence-electron chi connectivity index (χ0n) is 7.31. The van der Waals surface area contributed by atoms with Crippen LogP contribution in [0.3, 0.4) is 0 Å². The van der Waals surface area contributed by atoms with Crippen LogP contribution in [0.5, 0.6) is 0 Å². The molecule has 1 aliphatic rings. The molecule has 0 aliphatic heterocycles. The van der Waals surface area contributed by atoms with Gasteiger partial charge in [0.05, 0.1) is 6.61 Å². The molecule has 0 spiro atoms. The van der Waals surface area contributed by atoms with Crippen LogP contribution in [0.1, 0.15) is 33.1 Å². The quantitative estimate of drug-likeness (QED) is 0.670. The lowest BCUT2D eigenvalue weighted by atomic mass is 9.63. The van der Waals surface area contributed by atoms with E-state index in [9.17, 15) is 4.39 Å². The van der Waals surface area contributed by atoms with Gasteiger partial charge in [-0.15, -0.1) is 0 Å². The molecule has 1 atom stereocenters. The first-order chi connectivity index (χ1) is 5.03. The maximum absolute atomic E-state index is 12.6. The number of halogens is 1. The van der Waals surface area contributed by atoms with Crippen LogP contribution in [-0.2, 0) is 0 Å². The molecule has 0 aromatic carbocycles. The molecule has 11 heavy (non-hydrogen) atoms. The van der Waals surface area contributed by atoms with E-state index < -0.39 is 6.17 Å². The summed E-state index contributed by atoms with van der Waals surface area (Å²) < 4.78 is 12.6. The summed E-state index contributed by atoms with van der Waals surface area (Å²) in [4.78, 5) is 0. The minimum Gasteiger partial charge on any atom is -0.393 e. The summed E-state index contributed by atoms with van der Waals surface area (Å²) >= 11 is 0. The third-order valence-electron chi connectivity index (χ3n) is 2.47. The van der Waals surface area contributed by atoms with Crippen LogP contribution in [0.15, 0.2) is 0 Å². The Balaban J connectivity index is 2.13. The maximum Gasteiger partial charge on any atom is 0.123 e. The second-order valence-electron chi connectivity index (χ2n) is 4.45. The van der Waals surface area contributed by atoms with Gasteiger partial charge in [-0.3, -0.25) is 0 Å². The predicted molar refractivity (Wildman–Crippen MR) is 43.1 cm³/mol. The average molecular weight is 160 g/mol. The zero-order chi connectivity index (χ0) is 8.48. The first kappa shape index (κ1) is 8.98. The van der Waals surface area contributed by atoms with Crippen molar-refractivity contribution in [3.8, 4) is 0 Å². The molecule has 1 aliphatic carbocycles. The van der Waals surface area contributed by atoms with Crippen LogP contribution in [-0.4, -0.2) is 17.9 Å². The van der Waals surface area contributed by atoms with Gasteiger partial charge in [-0.2, -0.15) is 0 Å². The monoisotopic (exact) mass is 160 g/mol. The fourth-order valence-corrected chi connectivity index (χ4v) is 2.11. The Hall–Kier alpha value is -0.110. The third kappa shape index (κ3) is 2.44. The fourth-order valence-electron chi connectivity index (χ4n) is 2.11. The van der Waals surface area contributed by atoms with E-state index >= 15 is 0 Å². The molecule has 0 unspecified atom stereocenters. The summed E-state index contributed by atoms with van der Waals surface area (Å²) in [7, 11) is 0. The molecule has 0 aromatic rings. The van der Waals surface area contributed by atoms with Crippen LogP contribution in [0, 0.1) is 11.3 Å². The highest BCUT2D eigenvalue weighted by Crippen LogP contribution is 2.46. The highest BCUT2D eigenvalue weighted by Gasteiger charge is 2.36. The minimum absolute atomic E-state index is 0.309. The van der Waals surface area contributed by atoms with E-state index in [4.69, 9.17) is 5.11 Å². The molecule has 0 radical (unpaired) electrons. The number of aliphatic hydroxyl groups is 1. The Labute approximate surface area is 67.6 Å². The normalized spacial score (nSPS) is 26.2. The van der Waals surface area contributed by atoms with E-state index in [1.165, 1.54) is 0 Å². The van der Waals surface area contributed by atoms with Gasteiger partial charge in [0, 0.05) is 0 Å². The molecule has 0 saturated heterocycles. The topological polar surface area (TPSA) is 20.2 Å². The molecule has 1 nitrogen and oxygen atoms in total. The lowest BCUT2D eigenvalue weighted by molar-refractivity contribution is 0.0528. The van der Waals surface area contributed by atoms with Crippen molar-refractivity contribution in [3.05, 3.63) is 0 Å². The van der Waals surface area contributed by atoms with Crippen LogP contribution >= 0.6 is 0 Å². The molecule has 0 bridgehead atoms. The first-order valence-corrected chi connectivity index (χ1v) is 4.28. The van der Waals surface area contributed by atoms with E-state index in [2.05, 4.69) is 13.8 Å². The van der Waals surface area contributed by atoms with Gasteiger partial charge in [0.15, 0.2) is 0 Å². The van der Waals surface area contributed by atoms with Crippen LogP contribution in [0.2, 0.25) is 0 Å². The van der Waals surface area contributed by atoms with Crippen molar-refractivity contribution < 1.29 is 9.50 Å². The molecule has 1 N–H and O–H groups in total. The molecule has 1 fully saturated rings. The Morgan fingerprint density at radius 2 is 2.09 bits per heavy atom. The van der Waals surface area contributed by atoms with Gasteiger partial charge in [0.25, 0.3) is 0 Å². The number of alkyl halides is 1. The average Bonchev–Trinajstić information content (AvgIpc) is 1.83. The number of hydrogen-bond acceptors (Lipinski definition) is 1. The van der Waals surface area contributed by atoms with Gasteiger partial charge >= 0.3 is 0 Å². The lowest BCUT2D eigenvalue weighted by Gasteiger charge is -2.43. The summed E-state index contributed by atoms with van der Waals surface area (Å²) in [6, 6.07) is 0. The van der Waals surface area contributed by atoms with Crippen LogP contribution in [0.25, 0.3) is 0 Å². The van der Waals surface area contributed by atoms with E-state index in [0.29, 0.717) is 17.8 Å². The third-order valence-corrected chi connectivity index (χ3v) is 2.47. The Bertz CT molecular complexity index is 126. The largest absolute Gasteiger partial charge is 0.393 e. The molecule has 0 amide bonds. The van der Waals surface area contributed by atoms with Crippen molar-refractivity contribution >= 4 is 0 Å². The van der Waals surface area contributed by atoms with Gasteiger partial charge < -0.3 is 5.11 Å². The first-order valence-electron chi connectivity index (χ1n) is 4.28. The fraction of sp³-hybridized carbons (Fsp3) is 1.00. The standard InChI is InChI=1S/C9H17FO/c1-9(2)4-7(5-9)3-8(10)6-11/h7-8,11H,3-6H2,1-2H3/t8-/m1/s1. The summed E-state index contributed by atoms with van der Waals surface area (Å²) in [5.41, 5.74) is 0.430. The highest BCUT2D eigenvalue weighted by atomic mass is 19.1. The van der Waals surface area contributed by atoms with Crippen LogP contribution in [0.4, 0.5) is 4.39 Å². The van der Waals surface area contributed by atoms with E-state index in [-0.39, 0.29) is 6.61 Å². The summed E-state index contributed by atoms with van der Waals surface area (Å²) in [5.74, 6) is 0.521. The van der Waals surface area contributed by atoms with Crippen molar-refractivity contribution in [2.75, 3.05) is 6.61 Å². The molecule has 2 heteroatoms. The lowest BCUT2D eigenvalue weighted by Crippen LogP contribution is -2.33. The molecule has 66 valence electrons. The minimum atomic E-state index is -0.990. The SMILES string of the molecule is CC1(C)CC(C[C@@H](F)CO)C1. The van der Waals surface area contributed by atoms with Crippen molar-refractivity contribution in [2.24, 2.45) is 11.3 Å². The molecule has 0 aromatic heterocycles. The van der Waals surface area contributed by atoms with Crippen molar-refractivity contribution in [3.63, 3.8) is 0 Å². The number of rotatable bonds is 3.